The third-order valence-electron chi connectivity index (χ3n) is 5.17. The molecule has 0 aliphatic carbocycles. The normalized spacial score (nSPS) is 22.2. The number of hydrogen-bond donors (Lipinski definition) is 0. The second-order valence-corrected chi connectivity index (χ2v) is 7.46. The minimum absolute atomic E-state index is 0.00106. The highest BCUT2D eigenvalue weighted by Gasteiger charge is 2.42. The Kier molecular flexibility index (Phi) is 4.43. The van der Waals surface area contributed by atoms with Crippen LogP contribution in [0.5, 0.6) is 0 Å². The van der Waals surface area contributed by atoms with Gasteiger partial charge in [-0.2, -0.15) is 5.26 Å². The molecule has 5 rings (SSSR count). The summed E-state index contributed by atoms with van der Waals surface area (Å²) < 4.78 is 0. The molecule has 6 nitrogen and oxygen atoms in total. The van der Waals surface area contributed by atoms with Crippen LogP contribution >= 0.6 is 11.3 Å². The zero-order chi connectivity index (χ0) is 18.1. The van der Waals surface area contributed by atoms with E-state index in [0.29, 0.717) is 30.8 Å². The summed E-state index contributed by atoms with van der Waals surface area (Å²) in [6.45, 7) is 1.42. The summed E-state index contributed by atoms with van der Waals surface area (Å²) in [5, 5.41) is 11.2. The summed E-state index contributed by atoms with van der Waals surface area (Å²) in [4.78, 5) is 33.8. The van der Waals surface area contributed by atoms with E-state index in [9.17, 15) is 14.9 Å². The first-order chi connectivity index (χ1) is 12.7. The first-order valence-electron chi connectivity index (χ1n) is 8.63. The summed E-state index contributed by atoms with van der Waals surface area (Å²) in [5.41, 5.74) is 3.45. The molecule has 0 spiro atoms. The number of rotatable bonds is 3. The van der Waals surface area contributed by atoms with E-state index in [-0.39, 0.29) is 23.8 Å². The molecule has 1 aromatic heterocycles. The average molecular weight is 366 g/mol. The predicted octanol–water partition coefficient (Wildman–Crippen LogP) is 2.28. The molecule has 1 aromatic carbocycles. The minimum atomic E-state index is -0.175. The van der Waals surface area contributed by atoms with Gasteiger partial charge < -0.3 is 9.80 Å². The predicted molar refractivity (Wildman–Crippen MR) is 96.2 cm³/mol. The van der Waals surface area contributed by atoms with Crippen LogP contribution in [-0.2, 0) is 11.3 Å². The molecule has 0 radical (unpaired) electrons. The highest BCUT2D eigenvalue weighted by atomic mass is 32.1. The van der Waals surface area contributed by atoms with Gasteiger partial charge in [-0.3, -0.25) is 9.59 Å². The Bertz CT molecular complexity index is 874. The molecule has 0 N–H and O–H groups in total. The minimum Gasteiger partial charge on any atom is -0.336 e. The van der Waals surface area contributed by atoms with E-state index >= 15 is 0 Å². The van der Waals surface area contributed by atoms with Gasteiger partial charge >= 0.3 is 0 Å². The van der Waals surface area contributed by atoms with Crippen LogP contribution in [0.2, 0.25) is 0 Å². The van der Waals surface area contributed by atoms with Crippen LogP contribution in [-0.4, -0.2) is 45.7 Å². The highest BCUT2D eigenvalue weighted by molar-refractivity contribution is 7.07. The number of aromatic nitrogens is 1. The maximum atomic E-state index is 13.0. The van der Waals surface area contributed by atoms with Gasteiger partial charge in [0.05, 0.1) is 40.9 Å². The van der Waals surface area contributed by atoms with Crippen LogP contribution in [0.1, 0.15) is 34.5 Å². The van der Waals surface area contributed by atoms with E-state index in [4.69, 9.17) is 0 Å². The Morgan fingerprint density at radius 2 is 2.15 bits per heavy atom. The van der Waals surface area contributed by atoms with Gasteiger partial charge in [-0.1, -0.05) is 12.1 Å². The molecule has 26 heavy (non-hydrogen) atoms. The van der Waals surface area contributed by atoms with Crippen molar-refractivity contribution in [1.29, 1.82) is 5.26 Å². The fourth-order valence-electron chi connectivity index (χ4n) is 3.84. The summed E-state index contributed by atoms with van der Waals surface area (Å²) in [7, 11) is 0. The number of piperidine rings is 1. The molecular formula is C19H18N4O2S. The monoisotopic (exact) mass is 366 g/mol. The quantitative estimate of drug-likeness (QED) is 0.835. The van der Waals surface area contributed by atoms with Crippen molar-refractivity contribution < 1.29 is 9.59 Å². The van der Waals surface area contributed by atoms with E-state index < -0.39 is 0 Å². The molecule has 2 amide bonds. The van der Waals surface area contributed by atoms with Crippen molar-refractivity contribution in [2.24, 2.45) is 5.92 Å². The van der Waals surface area contributed by atoms with Crippen molar-refractivity contribution in [2.75, 3.05) is 13.1 Å². The Morgan fingerprint density at radius 3 is 2.92 bits per heavy atom. The lowest BCUT2D eigenvalue weighted by Crippen LogP contribution is -2.47. The average Bonchev–Trinajstić information content (AvgIpc) is 3.04. The molecule has 3 aliphatic rings. The van der Waals surface area contributed by atoms with Gasteiger partial charge in [0.25, 0.3) is 5.91 Å². The van der Waals surface area contributed by atoms with Crippen LogP contribution in [0.25, 0.3) is 0 Å². The third kappa shape index (κ3) is 2.97. The molecule has 3 saturated heterocycles. The standard InChI is InChI=1S/C19H18N4O2S/c20-7-13-3-1-2-4-17(13)19(25)22-8-14-5-6-16(10-22)23(18(14)24)9-15-11-26-12-21-15/h1-4,11-12,14,16H,5-6,8-10H2/t14-,16+/m0/s1. The maximum absolute atomic E-state index is 13.0. The number of nitrogens with zero attached hydrogens (tertiary/aromatic N) is 4. The lowest BCUT2D eigenvalue weighted by Gasteiger charge is -2.35. The summed E-state index contributed by atoms with van der Waals surface area (Å²) in [5.74, 6) is -0.230. The fourth-order valence-corrected chi connectivity index (χ4v) is 4.39. The molecule has 2 atom stereocenters. The molecule has 2 aromatic rings. The summed E-state index contributed by atoms with van der Waals surface area (Å²) in [6.07, 6.45) is 1.70. The van der Waals surface area contributed by atoms with Gasteiger partial charge in [-0.25, -0.2) is 4.98 Å². The SMILES string of the molecule is N#Cc1ccccc1C(=O)N1C[C@@H]2CC[C@H](C1)N(Cc1cscn1)C2=O. The van der Waals surface area contributed by atoms with Gasteiger partial charge in [-0.05, 0) is 25.0 Å². The molecule has 3 aliphatic heterocycles. The second kappa shape index (κ2) is 6.89. The van der Waals surface area contributed by atoms with Crippen molar-refractivity contribution in [1.82, 2.24) is 14.8 Å². The maximum Gasteiger partial charge on any atom is 0.255 e. The van der Waals surface area contributed by atoms with Gasteiger partial charge in [0, 0.05) is 24.5 Å². The Labute approximate surface area is 155 Å². The molecule has 132 valence electrons. The van der Waals surface area contributed by atoms with Gasteiger partial charge in [-0.15, -0.1) is 11.3 Å². The first kappa shape index (κ1) is 16.7. The van der Waals surface area contributed by atoms with E-state index in [1.165, 1.54) is 11.3 Å². The molecule has 2 bridgehead atoms. The highest BCUT2D eigenvalue weighted by Crippen LogP contribution is 2.31. The molecule has 3 fully saturated rings. The number of amides is 2. The lowest BCUT2D eigenvalue weighted by molar-refractivity contribution is -0.140. The van der Waals surface area contributed by atoms with Crippen molar-refractivity contribution >= 4 is 23.2 Å². The molecule has 0 saturated carbocycles. The number of carbonyl (C=O) groups excluding carboxylic acids is 2. The van der Waals surface area contributed by atoms with Crippen molar-refractivity contribution in [2.45, 2.75) is 25.4 Å². The van der Waals surface area contributed by atoms with Crippen LogP contribution in [0.15, 0.2) is 35.2 Å². The van der Waals surface area contributed by atoms with E-state index in [1.54, 1.807) is 34.7 Å². The fraction of sp³-hybridized carbons (Fsp3) is 0.368. The largest absolute Gasteiger partial charge is 0.336 e. The molecule has 7 heteroatoms. The zero-order valence-electron chi connectivity index (χ0n) is 14.2. The van der Waals surface area contributed by atoms with Gasteiger partial charge in [0.1, 0.15) is 0 Å². The summed E-state index contributed by atoms with van der Waals surface area (Å²) >= 11 is 1.52. The van der Waals surface area contributed by atoms with Crippen LogP contribution in [0.4, 0.5) is 0 Å². The van der Waals surface area contributed by atoms with E-state index in [2.05, 4.69) is 11.1 Å². The Hall–Kier alpha value is -2.72. The third-order valence-corrected chi connectivity index (χ3v) is 5.81. The lowest BCUT2D eigenvalue weighted by atomic mass is 9.94. The number of benzene rings is 1. The van der Waals surface area contributed by atoms with Gasteiger partial charge in [0.2, 0.25) is 5.91 Å². The van der Waals surface area contributed by atoms with Crippen molar-refractivity contribution in [3.05, 3.63) is 52.0 Å². The number of fused-ring (bicyclic) bond motifs is 4. The van der Waals surface area contributed by atoms with Crippen LogP contribution in [0, 0.1) is 17.2 Å². The number of carbonyl (C=O) groups is 2. The Balaban J connectivity index is 1.59. The number of nitriles is 1. The van der Waals surface area contributed by atoms with Crippen LogP contribution in [0.3, 0.4) is 0 Å². The van der Waals surface area contributed by atoms with E-state index in [0.717, 1.165) is 18.5 Å². The van der Waals surface area contributed by atoms with Crippen molar-refractivity contribution in [3.8, 4) is 6.07 Å². The Morgan fingerprint density at radius 1 is 1.31 bits per heavy atom. The van der Waals surface area contributed by atoms with Crippen LogP contribution < -0.4 is 0 Å². The summed E-state index contributed by atoms with van der Waals surface area (Å²) in [6, 6.07) is 8.94. The molecule has 4 heterocycles. The first-order valence-corrected chi connectivity index (χ1v) is 9.57. The van der Waals surface area contributed by atoms with E-state index in [1.807, 2.05) is 10.3 Å². The van der Waals surface area contributed by atoms with Gasteiger partial charge in [0.15, 0.2) is 0 Å². The molecular weight excluding hydrogens is 348 g/mol. The van der Waals surface area contributed by atoms with Crippen molar-refractivity contribution in [3.63, 3.8) is 0 Å². The molecule has 0 unspecified atom stereocenters. The zero-order valence-corrected chi connectivity index (χ0v) is 15.0. The smallest absolute Gasteiger partial charge is 0.255 e. The number of hydrogen-bond acceptors (Lipinski definition) is 5. The second-order valence-electron chi connectivity index (χ2n) is 6.74. The topological polar surface area (TPSA) is 77.3 Å². The number of thiazole rings is 1.